The Morgan fingerprint density at radius 3 is 2.44 bits per heavy atom. The van der Waals surface area contributed by atoms with Gasteiger partial charge in [0.1, 0.15) is 18.0 Å². The smallest absolute Gasteiger partial charge is 0.134 e. The summed E-state index contributed by atoms with van der Waals surface area (Å²) in [5, 5.41) is 6.87. The van der Waals surface area contributed by atoms with Gasteiger partial charge in [-0.05, 0) is 31.6 Å². The molecule has 2 rings (SSSR count). The van der Waals surface area contributed by atoms with Crippen LogP contribution in [0.2, 0.25) is 0 Å². The van der Waals surface area contributed by atoms with Gasteiger partial charge in [-0.2, -0.15) is 0 Å². The Balaban J connectivity index is 2.02. The molecule has 0 bridgehead atoms. The fraction of sp³-hybridized carbons (Fsp3) is 0.714. The van der Waals surface area contributed by atoms with Gasteiger partial charge in [-0.3, -0.25) is 0 Å². The maximum Gasteiger partial charge on any atom is 0.134 e. The zero-order valence-corrected chi connectivity index (χ0v) is 11.5. The molecule has 1 fully saturated rings. The number of nitrogens with zero attached hydrogens (tertiary/aromatic N) is 2. The van der Waals surface area contributed by atoms with Gasteiger partial charge in [0, 0.05) is 18.7 Å². The van der Waals surface area contributed by atoms with Crippen molar-refractivity contribution in [2.45, 2.75) is 46.0 Å². The van der Waals surface area contributed by atoms with Gasteiger partial charge >= 0.3 is 0 Å². The zero-order chi connectivity index (χ0) is 12.8. The molecule has 2 N–H and O–H groups in total. The number of rotatable bonds is 7. The van der Waals surface area contributed by atoms with Gasteiger partial charge in [-0.1, -0.05) is 20.3 Å². The lowest BCUT2D eigenvalue weighted by Crippen LogP contribution is -2.22. The predicted molar refractivity (Wildman–Crippen MR) is 76.0 cm³/mol. The Morgan fingerprint density at radius 1 is 1.17 bits per heavy atom. The van der Waals surface area contributed by atoms with E-state index in [1.807, 2.05) is 0 Å². The third-order valence-corrected chi connectivity index (χ3v) is 3.62. The Morgan fingerprint density at radius 2 is 1.89 bits per heavy atom. The summed E-state index contributed by atoms with van der Waals surface area (Å²) in [6.07, 6.45) is 7.83. The molecule has 100 valence electrons. The molecular weight excluding hydrogens is 224 g/mol. The summed E-state index contributed by atoms with van der Waals surface area (Å²) in [6, 6.07) is 0. The lowest BCUT2D eigenvalue weighted by atomic mass is 9.85. The van der Waals surface area contributed by atoms with Gasteiger partial charge in [0.2, 0.25) is 0 Å². The first kappa shape index (κ1) is 13.1. The molecule has 18 heavy (non-hydrogen) atoms. The summed E-state index contributed by atoms with van der Waals surface area (Å²) in [5.74, 6) is 2.85. The van der Waals surface area contributed by atoms with E-state index in [1.54, 1.807) is 6.33 Å². The van der Waals surface area contributed by atoms with Crippen LogP contribution in [0.15, 0.2) is 6.33 Å². The molecule has 1 heterocycles. The zero-order valence-electron chi connectivity index (χ0n) is 11.5. The van der Waals surface area contributed by atoms with E-state index < -0.39 is 0 Å². The second kappa shape index (κ2) is 6.57. The van der Waals surface area contributed by atoms with Crippen LogP contribution in [0, 0.1) is 5.92 Å². The first-order valence-corrected chi connectivity index (χ1v) is 7.16. The third kappa shape index (κ3) is 3.12. The molecule has 1 aliphatic carbocycles. The molecule has 0 radical (unpaired) electrons. The van der Waals surface area contributed by atoms with Crippen molar-refractivity contribution in [3.05, 3.63) is 11.9 Å². The van der Waals surface area contributed by atoms with Crippen molar-refractivity contribution in [1.29, 1.82) is 0 Å². The normalized spacial score (nSPS) is 15.2. The van der Waals surface area contributed by atoms with Gasteiger partial charge in [-0.25, -0.2) is 9.97 Å². The van der Waals surface area contributed by atoms with Crippen molar-refractivity contribution in [3.8, 4) is 0 Å². The quantitative estimate of drug-likeness (QED) is 0.778. The van der Waals surface area contributed by atoms with E-state index >= 15 is 0 Å². The number of hydrogen-bond acceptors (Lipinski definition) is 4. The molecule has 1 aromatic rings. The first-order chi connectivity index (χ1) is 8.85. The summed E-state index contributed by atoms with van der Waals surface area (Å²) < 4.78 is 0. The predicted octanol–water partition coefficient (Wildman–Crippen LogP) is 3.07. The van der Waals surface area contributed by atoms with Crippen LogP contribution in [-0.2, 0) is 6.42 Å². The Labute approximate surface area is 110 Å². The van der Waals surface area contributed by atoms with Crippen molar-refractivity contribution in [1.82, 2.24) is 9.97 Å². The van der Waals surface area contributed by atoms with Gasteiger partial charge in [-0.15, -0.1) is 0 Å². The van der Waals surface area contributed by atoms with E-state index in [4.69, 9.17) is 0 Å². The van der Waals surface area contributed by atoms with E-state index in [9.17, 15) is 0 Å². The molecule has 0 saturated heterocycles. The maximum atomic E-state index is 4.39. The maximum absolute atomic E-state index is 4.39. The molecule has 0 spiro atoms. The molecule has 4 nitrogen and oxygen atoms in total. The molecular formula is C14H24N4. The SMILES string of the molecule is CCCNc1ncnc(NCC2CCC2)c1CC. The molecule has 1 aromatic heterocycles. The van der Waals surface area contributed by atoms with Crippen LogP contribution in [0.4, 0.5) is 11.6 Å². The third-order valence-electron chi connectivity index (χ3n) is 3.62. The number of nitrogens with one attached hydrogen (secondary N) is 2. The largest absolute Gasteiger partial charge is 0.370 e. The van der Waals surface area contributed by atoms with Crippen LogP contribution in [0.1, 0.15) is 45.1 Å². The Kier molecular flexibility index (Phi) is 4.79. The highest BCUT2D eigenvalue weighted by atomic mass is 15.1. The van der Waals surface area contributed by atoms with Crippen LogP contribution >= 0.6 is 0 Å². The lowest BCUT2D eigenvalue weighted by molar-refractivity contribution is 0.333. The number of anilines is 2. The van der Waals surface area contributed by atoms with Crippen molar-refractivity contribution in [2.75, 3.05) is 23.7 Å². The Bertz CT molecular complexity index is 374. The molecule has 0 amide bonds. The van der Waals surface area contributed by atoms with Crippen LogP contribution in [0.5, 0.6) is 0 Å². The van der Waals surface area contributed by atoms with E-state index in [2.05, 4.69) is 34.4 Å². The summed E-state index contributed by atoms with van der Waals surface area (Å²) in [4.78, 5) is 8.73. The van der Waals surface area contributed by atoms with Crippen LogP contribution in [0.25, 0.3) is 0 Å². The second-order valence-corrected chi connectivity index (χ2v) is 5.01. The standard InChI is InChI=1S/C14H24N4/c1-3-8-15-13-12(4-2)14(18-10-17-13)16-9-11-6-5-7-11/h10-11H,3-9H2,1-2H3,(H2,15,16,17,18). The minimum atomic E-state index is 0.844. The van der Waals surface area contributed by atoms with Gasteiger partial charge in [0.25, 0.3) is 0 Å². The second-order valence-electron chi connectivity index (χ2n) is 5.01. The van der Waals surface area contributed by atoms with Crippen molar-refractivity contribution in [2.24, 2.45) is 5.92 Å². The topological polar surface area (TPSA) is 49.8 Å². The molecule has 1 aliphatic rings. The van der Waals surface area contributed by atoms with Gasteiger partial charge in [0.15, 0.2) is 0 Å². The highest BCUT2D eigenvalue weighted by Crippen LogP contribution is 2.27. The fourth-order valence-electron chi connectivity index (χ4n) is 2.23. The van der Waals surface area contributed by atoms with Crippen molar-refractivity contribution < 1.29 is 0 Å². The molecule has 0 atom stereocenters. The molecule has 0 aliphatic heterocycles. The van der Waals surface area contributed by atoms with Crippen molar-refractivity contribution in [3.63, 3.8) is 0 Å². The fourth-order valence-corrected chi connectivity index (χ4v) is 2.23. The van der Waals surface area contributed by atoms with Crippen LogP contribution < -0.4 is 10.6 Å². The van der Waals surface area contributed by atoms with Crippen molar-refractivity contribution >= 4 is 11.6 Å². The summed E-state index contributed by atoms with van der Waals surface area (Å²) in [6.45, 7) is 6.34. The highest BCUT2D eigenvalue weighted by molar-refractivity contribution is 5.57. The number of aromatic nitrogens is 2. The minimum absolute atomic E-state index is 0.844. The first-order valence-electron chi connectivity index (χ1n) is 7.16. The van der Waals surface area contributed by atoms with E-state index in [1.165, 1.54) is 24.8 Å². The molecule has 4 heteroatoms. The summed E-state index contributed by atoms with van der Waals surface area (Å²) in [7, 11) is 0. The summed E-state index contributed by atoms with van der Waals surface area (Å²) >= 11 is 0. The van der Waals surface area contributed by atoms with Gasteiger partial charge < -0.3 is 10.6 Å². The lowest BCUT2D eigenvalue weighted by Gasteiger charge is -2.26. The van der Waals surface area contributed by atoms with Crippen LogP contribution in [0.3, 0.4) is 0 Å². The number of hydrogen-bond donors (Lipinski definition) is 2. The average Bonchev–Trinajstić information content (AvgIpc) is 2.34. The molecule has 0 unspecified atom stereocenters. The van der Waals surface area contributed by atoms with Gasteiger partial charge in [0.05, 0.1) is 0 Å². The molecule has 1 saturated carbocycles. The summed E-state index contributed by atoms with van der Waals surface area (Å²) in [5.41, 5.74) is 1.21. The van der Waals surface area contributed by atoms with E-state index in [-0.39, 0.29) is 0 Å². The Hall–Kier alpha value is -1.32. The average molecular weight is 248 g/mol. The monoisotopic (exact) mass is 248 g/mol. The van der Waals surface area contributed by atoms with E-state index in [0.717, 1.165) is 43.5 Å². The minimum Gasteiger partial charge on any atom is -0.370 e. The molecule has 0 aromatic carbocycles. The van der Waals surface area contributed by atoms with E-state index in [0.29, 0.717) is 0 Å². The highest BCUT2D eigenvalue weighted by Gasteiger charge is 2.18. The van der Waals surface area contributed by atoms with Crippen LogP contribution in [-0.4, -0.2) is 23.1 Å².